The van der Waals surface area contributed by atoms with Crippen molar-refractivity contribution in [2.24, 2.45) is 23.2 Å². The van der Waals surface area contributed by atoms with Crippen LogP contribution in [0.15, 0.2) is 0 Å². The van der Waals surface area contributed by atoms with Gasteiger partial charge in [-0.2, -0.15) is 0 Å². The normalized spacial score (nSPS) is 60.2. The fourth-order valence-corrected chi connectivity index (χ4v) is 5.53. The first-order valence-electron chi connectivity index (χ1n) is 7.42. The molecule has 3 aliphatic rings. The van der Waals surface area contributed by atoms with E-state index < -0.39 is 12.4 Å². The highest BCUT2D eigenvalue weighted by atomic mass is 16.6. The van der Waals surface area contributed by atoms with Crippen molar-refractivity contribution in [3.8, 4) is 0 Å². The average molecular weight is 254 g/mol. The van der Waals surface area contributed by atoms with Gasteiger partial charge in [0.05, 0.1) is 5.60 Å². The van der Waals surface area contributed by atoms with Gasteiger partial charge in [0.2, 0.25) is 0 Å². The molecule has 2 saturated carbocycles. The Bertz CT molecular complexity index is 345. The maximum atomic E-state index is 10.4. The summed E-state index contributed by atoms with van der Waals surface area (Å²) in [6.45, 7) is 6.75. The standard InChI is InChI=1S/C15H26O3/c1-9-5-4-7-14(2)10(9)6-8-15(3)12(14)11(16)13(17)18-15/h9-13,16-17H,4-8H2,1-3H3/t9?,10?,11?,12?,13?,14?,15-/m0/s1. The number of hydrogen-bond acceptors (Lipinski definition) is 3. The van der Waals surface area contributed by atoms with Crippen molar-refractivity contribution in [1.82, 2.24) is 0 Å². The second kappa shape index (κ2) is 3.94. The van der Waals surface area contributed by atoms with Gasteiger partial charge in [-0.15, -0.1) is 0 Å². The van der Waals surface area contributed by atoms with Crippen molar-refractivity contribution >= 4 is 0 Å². The molecular formula is C15H26O3. The summed E-state index contributed by atoms with van der Waals surface area (Å²) in [5.41, 5.74) is -0.206. The van der Waals surface area contributed by atoms with E-state index in [0.29, 0.717) is 5.92 Å². The fraction of sp³-hybridized carbons (Fsp3) is 1.00. The summed E-state index contributed by atoms with van der Waals surface area (Å²) in [7, 11) is 0. The predicted octanol–water partition coefficient (Wildman–Crippen LogP) is 2.31. The van der Waals surface area contributed by atoms with Gasteiger partial charge in [-0.3, -0.25) is 0 Å². The molecule has 0 spiro atoms. The highest BCUT2D eigenvalue weighted by Crippen LogP contribution is 2.62. The molecule has 0 amide bonds. The summed E-state index contributed by atoms with van der Waals surface area (Å²) in [6, 6.07) is 0. The summed E-state index contributed by atoms with van der Waals surface area (Å²) in [5.74, 6) is 1.49. The van der Waals surface area contributed by atoms with Gasteiger partial charge in [-0.25, -0.2) is 0 Å². The Labute approximate surface area is 110 Å². The van der Waals surface area contributed by atoms with Gasteiger partial charge in [0, 0.05) is 5.92 Å². The zero-order valence-electron chi connectivity index (χ0n) is 11.7. The quantitative estimate of drug-likeness (QED) is 0.697. The van der Waals surface area contributed by atoms with Crippen LogP contribution in [0.3, 0.4) is 0 Å². The molecule has 3 heteroatoms. The van der Waals surface area contributed by atoms with Crippen molar-refractivity contribution in [2.75, 3.05) is 0 Å². The highest BCUT2D eigenvalue weighted by Gasteiger charge is 2.63. The van der Waals surface area contributed by atoms with Gasteiger partial charge < -0.3 is 14.9 Å². The minimum atomic E-state index is -0.993. The van der Waals surface area contributed by atoms with E-state index in [1.54, 1.807) is 0 Å². The lowest BCUT2D eigenvalue weighted by Crippen LogP contribution is -2.56. The van der Waals surface area contributed by atoms with Gasteiger partial charge in [-0.05, 0) is 43.4 Å². The molecule has 104 valence electrons. The summed E-state index contributed by atoms with van der Waals surface area (Å²) in [4.78, 5) is 0. The minimum Gasteiger partial charge on any atom is -0.387 e. The second-order valence-corrected chi connectivity index (χ2v) is 7.31. The fourth-order valence-electron chi connectivity index (χ4n) is 5.53. The molecule has 7 atom stereocenters. The Morgan fingerprint density at radius 1 is 1.11 bits per heavy atom. The van der Waals surface area contributed by atoms with Crippen LogP contribution in [0.2, 0.25) is 0 Å². The third kappa shape index (κ3) is 1.53. The number of aliphatic hydroxyl groups is 2. The molecule has 0 aromatic rings. The highest BCUT2D eigenvalue weighted by molar-refractivity contribution is 5.10. The lowest BCUT2D eigenvalue weighted by molar-refractivity contribution is -0.173. The van der Waals surface area contributed by atoms with Gasteiger partial charge in [0.15, 0.2) is 6.29 Å². The first-order valence-corrected chi connectivity index (χ1v) is 7.42. The largest absolute Gasteiger partial charge is 0.387 e. The summed E-state index contributed by atoms with van der Waals surface area (Å²) in [6.07, 6.45) is 4.14. The van der Waals surface area contributed by atoms with E-state index >= 15 is 0 Å². The molecule has 1 saturated heterocycles. The molecule has 3 fully saturated rings. The van der Waals surface area contributed by atoms with Crippen LogP contribution in [0.25, 0.3) is 0 Å². The van der Waals surface area contributed by atoms with Crippen LogP contribution >= 0.6 is 0 Å². The van der Waals surface area contributed by atoms with Crippen molar-refractivity contribution in [3.05, 3.63) is 0 Å². The summed E-state index contributed by atoms with van der Waals surface area (Å²) in [5, 5.41) is 20.3. The van der Waals surface area contributed by atoms with Crippen LogP contribution in [0.5, 0.6) is 0 Å². The van der Waals surface area contributed by atoms with E-state index in [2.05, 4.69) is 20.8 Å². The van der Waals surface area contributed by atoms with Crippen molar-refractivity contribution in [1.29, 1.82) is 0 Å². The zero-order chi connectivity index (χ0) is 13.1. The van der Waals surface area contributed by atoms with Crippen molar-refractivity contribution in [2.45, 2.75) is 70.9 Å². The minimum absolute atomic E-state index is 0.0847. The van der Waals surface area contributed by atoms with Gasteiger partial charge in [0.1, 0.15) is 6.10 Å². The monoisotopic (exact) mass is 254 g/mol. The van der Waals surface area contributed by atoms with Gasteiger partial charge >= 0.3 is 0 Å². The Morgan fingerprint density at radius 2 is 1.83 bits per heavy atom. The molecule has 2 aliphatic carbocycles. The maximum Gasteiger partial charge on any atom is 0.181 e. The van der Waals surface area contributed by atoms with E-state index in [0.717, 1.165) is 18.8 Å². The van der Waals surface area contributed by atoms with Crippen LogP contribution < -0.4 is 0 Å². The molecule has 6 unspecified atom stereocenters. The molecule has 2 N–H and O–H groups in total. The molecule has 0 bridgehead atoms. The zero-order valence-corrected chi connectivity index (χ0v) is 11.7. The van der Waals surface area contributed by atoms with Crippen LogP contribution in [-0.2, 0) is 4.74 Å². The number of ether oxygens (including phenoxy) is 1. The van der Waals surface area contributed by atoms with Gasteiger partial charge in [0.25, 0.3) is 0 Å². The van der Waals surface area contributed by atoms with Crippen molar-refractivity contribution < 1.29 is 14.9 Å². The topological polar surface area (TPSA) is 49.7 Å². The lowest BCUT2D eigenvalue weighted by Gasteiger charge is -2.57. The molecule has 3 rings (SSSR count). The molecule has 3 nitrogen and oxygen atoms in total. The molecule has 1 heterocycles. The first-order chi connectivity index (χ1) is 8.38. The van der Waals surface area contributed by atoms with Crippen LogP contribution in [-0.4, -0.2) is 28.2 Å². The molecule has 1 aliphatic heterocycles. The molecular weight excluding hydrogens is 228 g/mol. The third-order valence-electron chi connectivity index (χ3n) is 6.25. The third-order valence-corrected chi connectivity index (χ3v) is 6.25. The Hall–Kier alpha value is -0.120. The Kier molecular flexibility index (Phi) is 2.82. The second-order valence-electron chi connectivity index (χ2n) is 7.31. The summed E-state index contributed by atoms with van der Waals surface area (Å²) < 4.78 is 5.72. The van der Waals surface area contributed by atoms with E-state index in [9.17, 15) is 10.2 Å². The Morgan fingerprint density at radius 3 is 2.56 bits per heavy atom. The average Bonchev–Trinajstić information content (AvgIpc) is 2.50. The first kappa shape index (κ1) is 12.9. The number of aliphatic hydroxyl groups excluding tert-OH is 2. The van der Waals surface area contributed by atoms with E-state index in [-0.39, 0.29) is 16.9 Å². The van der Waals surface area contributed by atoms with Crippen LogP contribution in [0.1, 0.15) is 52.9 Å². The van der Waals surface area contributed by atoms with Crippen LogP contribution in [0, 0.1) is 23.2 Å². The van der Waals surface area contributed by atoms with Crippen molar-refractivity contribution in [3.63, 3.8) is 0 Å². The number of hydrogen-bond donors (Lipinski definition) is 2. The molecule has 0 aromatic carbocycles. The molecule has 0 radical (unpaired) electrons. The van der Waals surface area contributed by atoms with E-state index in [1.165, 1.54) is 19.3 Å². The smallest absolute Gasteiger partial charge is 0.181 e. The van der Waals surface area contributed by atoms with Gasteiger partial charge in [-0.1, -0.05) is 26.7 Å². The molecule has 18 heavy (non-hydrogen) atoms. The SMILES string of the molecule is CC1CCCC2(C)C1CC[C@]1(C)OC(O)C(O)C21. The lowest BCUT2D eigenvalue weighted by atomic mass is 9.49. The predicted molar refractivity (Wildman–Crippen MR) is 68.8 cm³/mol. The number of fused-ring (bicyclic) bond motifs is 3. The van der Waals surface area contributed by atoms with E-state index in [1.807, 2.05) is 0 Å². The molecule has 0 aromatic heterocycles. The van der Waals surface area contributed by atoms with Crippen LogP contribution in [0.4, 0.5) is 0 Å². The summed E-state index contributed by atoms with van der Waals surface area (Å²) >= 11 is 0. The number of rotatable bonds is 0. The maximum absolute atomic E-state index is 10.4. The Balaban J connectivity index is 1.99. The van der Waals surface area contributed by atoms with E-state index in [4.69, 9.17) is 4.74 Å².